The van der Waals surface area contributed by atoms with Crippen molar-refractivity contribution in [3.63, 3.8) is 0 Å². The molecule has 0 aliphatic heterocycles. The van der Waals surface area contributed by atoms with Crippen molar-refractivity contribution in [1.29, 1.82) is 0 Å². The van der Waals surface area contributed by atoms with Gasteiger partial charge in [-0.2, -0.15) is 0 Å². The van der Waals surface area contributed by atoms with Crippen LogP contribution in [0.5, 0.6) is 5.75 Å². The minimum absolute atomic E-state index is 0.109. The Hall–Kier alpha value is -3.32. The molecule has 0 aliphatic carbocycles. The first-order valence-corrected chi connectivity index (χ1v) is 12.3. The summed E-state index contributed by atoms with van der Waals surface area (Å²) in [5.41, 5.74) is 3.35. The van der Waals surface area contributed by atoms with Gasteiger partial charge in [-0.1, -0.05) is 66.6 Å². The van der Waals surface area contributed by atoms with Crippen molar-refractivity contribution in [1.82, 2.24) is 5.32 Å². The van der Waals surface area contributed by atoms with Crippen LogP contribution in [0.4, 0.5) is 5.69 Å². The summed E-state index contributed by atoms with van der Waals surface area (Å²) in [6.07, 6.45) is 0.675. The van der Waals surface area contributed by atoms with Gasteiger partial charge in [-0.25, -0.2) is 8.42 Å². The zero-order valence-corrected chi connectivity index (χ0v) is 20.2. The highest BCUT2D eigenvalue weighted by Crippen LogP contribution is 2.32. The van der Waals surface area contributed by atoms with Crippen LogP contribution in [0.1, 0.15) is 36.1 Å². The molecule has 0 radical (unpaired) electrons. The number of ether oxygens (including phenoxy) is 1. The van der Waals surface area contributed by atoms with Crippen LogP contribution >= 0.6 is 0 Å². The van der Waals surface area contributed by atoms with E-state index in [1.807, 2.05) is 45.0 Å². The predicted molar refractivity (Wildman–Crippen MR) is 131 cm³/mol. The van der Waals surface area contributed by atoms with E-state index in [9.17, 15) is 13.2 Å². The van der Waals surface area contributed by atoms with Gasteiger partial charge in [0.25, 0.3) is 10.0 Å². The first-order valence-electron chi connectivity index (χ1n) is 10.8. The van der Waals surface area contributed by atoms with Gasteiger partial charge < -0.3 is 10.1 Å². The molecule has 3 rings (SSSR count). The Kier molecular flexibility index (Phi) is 7.76. The van der Waals surface area contributed by atoms with E-state index in [-0.39, 0.29) is 17.5 Å². The molecule has 0 bridgehead atoms. The van der Waals surface area contributed by atoms with E-state index >= 15 is 0 Å². The van der Waals surface area contributed by atoms with Crippen LogP contribution < -0.4 is 14.4 Å². The van der Waals surface area contributed by atoms with E-state index in [2.05, 4.69) is 5.32 Å². The van der Waals surface area contributed by atoms with Crippen LogP contribution in [-0.2, 0) is 14.8 Å². The fourth-order valence-electron chi connectivity index (χ4n) is 3.56. The van der Waals surface area contributed by atoms with Crippen LogP contribution in [0.3, 0.4) is 0 Å². The van der Waals surface area contributed by atoms with E-state index in [0.29, 0.717) is 17.9 Å². The van der Waals surface area contributed by atoms with E-state index in [1.165, 1.54) is 7.11 Å². The number of rotatable bonds is 9. The van der Waals surface area contributed by atoms with E-state index in [1.54, 1.807) is 48.5 Å². The first kappa shape index (κ1) is 24.3. The maximum atomic E-state index is 13.6. The van der Waals surface area contributed by atoms with E-state index in [0.717, 1.165) is 21.0 Å². The third-order valence-electron chi connectivity index (χ3n) is 5.47. The summed E-state index contributed by atoms with van der Waals surface area (Å²) in [6.45, 7) is 5.49. The highest BCUT2D eigenvalue weighted by atomic mass is 32.2. The van der Waals surface area contributed by atoms with Gasteiger partial charge in [-0.05, 0) is 50.1 Å². The standard InChI is InChI=1S/C26H30N2O4S/c1-5-23(21-14-10-19(2)11-15-21)27-26(29)18-28(24-8-6-7-9-25(24)32-4)33(30,31)22-16-12-20(3)13-17-22/h6-17,23H,5,18H2,1-4H3,(H,27,29)/t23-/m1/s1. The number of carbonyl (C=O) groups excluding carboxylic acids is 1. The summed E-state index contributed by atoms with van der Waals surface area (Å²) in [5.74, 6) is -0.0319. The molecule has 6 nitrogen and oxygen atoms in total. The number of nitrogens with one attached hydrogen (secondary N) is 1. The summed E-state index contributed by atoms with van der Waals surface area (Å²) in [7, 11) is -2.55. The summed E-state index contributed by atoms with van der Waals surface area (Å²) < 4.78 is 33.7. The fraction of sp³-hybridized carbons (Fsp3) is 0.269. The lowest BCUT2D eigenvalue weighted by Crippen LogP contribution is -2.42. The zero-order chi connectivity index (χ0) is 24.0. The van der Waals surface area contributed by atoms with Gasteiger partial charge in [0.05, 0.1) is 23.7 Å². The monoisotopic (exact) mass is 466 g/mol. The highest BCUT2D eigenvalue weighted by Gasteiger charge is 2.30. The van der Waals surface area contributed by atoms with Crippen LogP contribution in [0.25, 0.3) is 0 Å². The number of methoxy groups -OCH3 is 1. The predicted octanol–water partition coefficient (Wildman–Crippen LogP) is 4.77. The van der Waals surface area contributed by atoms with Crippen molar-refractivity contribution in [2.24, 2.45) is 0 Å². The van der Waals surface area contributed by atoms with Crippen LogP contribution in [-0.4, -0.2) is 28.0 Å². The second-order valence-electron chi connectivity index (χ2n) is 7.94. The van der Waals surface area contributed by atoms with Crippen LogP contribution in [0.2, 0.25) is 0 Å². The number of anilines is 1. The Morgan fingerprint density at radius 2 is 1.52 bits per heavy atom. The van der Waals surface area contributed by atoms with Crippen LogP contribution in [0, 0.1) is 13.8 Å². The average molecular weight is 467 g/mol. The zero-order valence-electron chi connectivity index (χ0n) is 19.4. The Labute approximate surface area is 196 Å². The maximum Gasteiger partial charge on any atom is 0.264 e. The summed E-state index contributed by atoms with van der Waals surface area (Å²) in [5, 5.41) is 2.99. The number of hydrogen-bond acceptors (Lipinski definition) is 4. The molecule has 1 atom stereocenters. The van der Waals surface area contributed by atoms with Gasteiger partial charge in [0, 0.05) is 0 Å². The highest BCUT2D eigenvalue weighted by molar-refractivity contribution is 7.92. The Balaban J connectivity index is 1.95. The maximum absolute atomic E-state index is 13.6. The molecule has 3 aromatic carbocycles. The molecule has 3 aromatic rings. The quantitative estimate of drug-likeness (QED) is 0.493. The van der Waals surface area contributed by atoms with Crippen molar-refractivity contribution in [2.75, 3.05) is 18.0 Å². The second-order valence-corrected chi connectivity index (χ2v) is 9.80. The Morgan fingerprint density at radius 1 is 0.939 bits per heavy atom. The van der Waals surface area contributed by atoms with Gasteiger partial charge in [-0.3, -0.25) is 9.10 Å². The van der Waals surface area contributed by atoms with Crippen molar-refractivity contribution in [3.05, 3.63) is 89.5 Å². The molecule has 7 heteroatoms. The lowest BCUT2D eigenvalue weighted by atomic mass is 10.0. The molecular formula is C26H30N2O4S. The normalized spacial score (nSPS) is 12.1. The molecule has 1 amide bonds. The molecule has 0 heterocycles. The number of sulfonamides is 1. The molecule has 174 valence electrons. The SMILES string of the molecule is CC[C@@H](NC(=O)CN(c1ccccc1OC)S(=O)(=O)c1ccc(C)cc1)c1ccc(C)cc1. The van der Waals surface area contributed by atoms with Gasteiger partial charge in [-0.15, -0.1) is 0 Å². The lowest BCUT2D eigenvalue weighted by molar-refractivity contribution is -0.120. The van der Waals surface area contributed by atoms with Crippen LogP contribution in [0.15, 0.2) is 77.7 Å². The molecule has 0 unspecified atom stereocenters. The van der Waals surface area contributed by atoms with Crippen molar-refractivity contribution in [2.45, 2.75) is 38.1 Å². The third-order valence-corrected chi connectivity index (χ3v) is 7.25. The lowest BCUT2D eigenvalue weighted by Gasteiger charge is -2.27. The fourth-order valence-corrected chi connectivity index (χ4v) is 4.99. The number of benzene rings is 3. The minimum atomic E-state index is -4.02. The topological polar surface area (TPSA) is 75.7 Å². The molecule has 0 aromatic heterocycles. The third kappa shape index (κ3) is 5.73. The Morgan fingerprint density at radius 3 is 2.09 bits per heavy atom. The van der Waals surface area contributed by atoms with Gasteiger partial charge in [0.2, 0.25) is 5.91 Å². The van der Waals surface area contributed by atoms with E-state index in [4.69, 9.17) is 4.74 Å². The number of carbonyl (C=O) groups is 1. The molecule has 0 aliphatic rings. The average Bonchev–Trinajstić information content (AvgIpc) is 2.82. The molecule has 0 fully saturated rings. The molecule has 0 spiro atoms. The summed E-state index contributed by atoms with van der Waals surface area (Å²) in [6, 6.07) is 21.1. The smallest absolute Gasteiger partial charge is 0.264 e. The molecule has 33 heavy (non-hydrogen) atoms. The Bertz CT molecular complexity index is 1190. The van der Waals surface area contributed by atoms with Gasteiger partial charge in [0.1, 0.15) is 12.3 Å². The first-order chi connectivity index (χ1) is 15.8. The molecule has 0 saturated heterocycles. The number of hydrogen-bond donors (Lipinski definition) is 1. The second kappa shape index (κ2) is 10.5. The van der Waals surface area contributed by atoms with E-state index < -0.39 is 15.9 Å². The molecule has 0 saturated carbocycles. The van der Waals surface area contributed by atoms with Gasteiger partial charge >= 0.3 is 0 Å². The molecule has 1 N–H and O–H groups in total. The summed E-state index contributed by atoms with van der Waals surface area (Å²) >= 11 is 0. The van der Waals surface area contributed by atoms with Gasteiger partial charge in [0.15, 0.2) is 0 Å². The minimum Gasteiger partial charge on any atom is -0.495 e. The van der Waals surface area contributed by atoms with Crippen molar-refractivity contribution < 1.29 is 17.9 Å². The van der Waals surface area contributed by atoms with Crippen molar-refractivity contribution >= 4 is 21.6 Å². The molecular weight excluding hydrogens is 436 g/mol. The largest absolute Gasteiger partial charge is 0.495 e. The number of nitrogens with zero attached hydrogens (tertiary/aromatic N) is 1. The van der Waals surface area contributed by atoms with Crippen molar-refractivity contribution in [3.8, 4) is 5.75 Å². The summed E-state index contributed by atoms with van der Waals surface area (Å²) in [4.78, 5) is 13.2. The number of para-hydroxylation sites is 2. The number of amides is 1. The number of aryl methyl sites for hydroxylation is 2.